The Morgan fingerprint density at radius 2 is 1.75 bits per heavy atom. The number of hydrogen-bond donors (Lipinski definition) is 4. The van der Waals surface area contributed by atoms with Crippen LogP contribution in [-0.2, 0) is 33.8 Å². The van der Waals surface area contributed by atoms with Crippen molar-refractivity contribution in [1.82, 2.24) is 20.9 Å². The number of carboxylic acid groups (broad SMARTS) is 1. The summed E-state index contributed by atoms with van der Waals surface area (Å²) in [6.07, 6.45) is 2.88. The summed E-state index contributed by atoms with van der Waals surface area (Å²) in [5.41, 5.74) is 3.32. The normalized spacial score (nSPS) is 20.0. The molecule has 9 heteroatoms. The van der Waals surface area contributed by atoms with Crippen LogP contribution in [0.4, 0.5) is 0 Å². The second-order valence-electron chi connectivity index (χ2n) is 11.9. The van der Waals surface area contributed by atoms with E-state index >= 15 is 0 Å². The second-order valence-corrected chi connectivity index (χ2v) is 11.9. The molecule has 0 saturated carbocycles. The molecule has 9 nitrogen and oxygen atoms in total. The van der Waals surface area contributed by atoms with Crippen LogP contribution < -0.4 is 16.0 Å². The van der Waals surface area contributed by atoms with Gasteiger partial charge in [0, 0.05) is 13.0 Å². The molecule has 0 spiro atoms. The smallest absolute Gasteiger partial charge is 0.335 e. The van der Waals surface area contributed by atoms with E-state index in [9.17, 15) is 24.3 Å². The highest BCUT2D eigenvalue weighted by atomic mass is 16.4. The number of benzene rings is 2. The maximum atomic E-state index is 14.2. The summed E-state index contributed by atoms with van der Waals surface area (Å²) in [7, 11) is 1.68. The standard InChI is InChI=1S/C31H40N4O5/c1-18(32-5)27(36)34-26(31(2,3)4)29(38)35-17-21-14-13-20(30(39)40)15-22(21)16-25(35)28(37)33-24-12-8-10-19-9-6-7-11-23(19)24/h6-7,9,11,13-15,18,24-26,32H,8,10,12,16-17H2,1-5H3,(H,33,37)(H,34,36)(H,39,40)/t18-,24+,25?,26+/m0/s1. The summed E-state index contributed by atoms with van der Waals surface area (Å²) >= 11 is 0. The first-order chi connectivity index (χ1) is 18.9. The van der Waals surface area contributed by atoms with Crippen molar-refractivity contribution in [3.8, 4) is 0 Å². The van der Waals surface area contributed by atoms with Crippen LogP contribution in [0.15, 0.2) is 42.5 Å². The molecule has 0 bridgehead atoms. The number of hydrogen-bond acceptors (Lipinski definition) is 5. The average Bonchev–Trinajstić information content (AvgIpc) is 2.93. The molecule has 40 heavy (non-hydrogen) atoms. The Morgan fingerprint density at radius 1 is 1.02 bits per heavy atom. The fourth-order valence-electron chi connectivity index (χ4n) is 5.57. The van der Waals surface area contributed by atoms with Gasteiger partial charge in [-0.2, -0.15) is 0 Å². The average molecular weight is 549 g/mol. The minimum absolute atomic E-state index is 0.136. The number of aromatic carboxylic acids is 1. The van der Waals surface area contributed by atoms with Crippen molar-refractivity contribution >= 4 is 23.7 Å². The third kappa shape index (κ3) is 6.20. The molecule has 2 aliphatic rings. The molecule has 0 radical (unpaired) electrons. The fraction of sp³-hybridized carbons (Fsp3) is 0.484. The van der Waals surface area contributed by atoms with E-state index in [0.717, 1.165) is 36.0 Å². The predicted molar refractivity (Wildman–Crippen MR) is 152 cm³/mol. The third-order valence-corrected chi connectivity index (χ3v) is 8.08. The number of rotatable bonds is 7. The Morgan fingerprint density at radius 3 is 2.42 bits per heavy atom. The Bertz CT molecular complexity index is 1300. The van der Waals surface area contributed by atoms with Crippen molar-refractivity contribution < 1.29 is 24.3 Å². The van der Waals surface area contributed by atoms with E-state index in [4.69, 9.17) is 0 Å². The zero-order valence-corrected chi connectivity index (χ0v) is 23.9. The Kier molecular flexibility index (Phi) is 8.63. The Labute approximate surface area is 235 Å². The molecule has 0 aromatic heterocycles. The van der Waals surface area contributed by atoms with Crippen molar-refractivity contribution in [2.45, 2.75) is 84.1 Å². The van der Waals surface area contributed by atoms with Crippen LogP contribution in [0, 0.1) is 5.41 Å². The molecule has 2 aromatic rings. The van der Waals surface area contributed by atoms with E-state index in [-0.39, 0.29) is 42.3 Å². The quantitative estimate of drug-likeness (QED) is 0.421. The minimum Gasteiger partial charge on any atom is -0.478 e. The Balaban J connectivity index is 1.68. The monoisotopic (exact) mass is 548 g/mol. The van der Waals surface area contributed by atoms with E-state index in [1.165, 1.54) is 11.6 Å². The zero-order valence-electron chi connectivity index (χ0n) is 23.9. The van der Waals surface area contributed by atoms with Gasteiger partial charge in [0.2, 0.25) is 17.7 Å². The summed E-state index contributed by atoms with van der Waals surface area (Å²) in [5.74, 6) is -1.99. The molecule has 0 saturated heterocycles. The van der Waals surface area contributed by atoms with Crippen molar-refractivity contribution in [3.05, 3.63) is 70.3 Å². The van der Waals surface area contributed by atoms with Gasteiger partial charge in [-0.3, -0.25) is 14.4 Å². The van der Waals surface area contributed by atoms with Crippen molar-refractivity contribution in [1.29, 1.82) is 0 Å². The van der Waals surface area contributed by atoms with Crippen LogP contribution >= 0.6 is 0 Å². The number of likely N-dealkylation sites (N-methyl/N-ethyl adjacent to an activating group) is 1. The molecule has 0 fully saturated rings. The topological polar surface area (TPSA) is 128 Å². The fourth-order valence-corrected chi connectivity index (χ4v) is 5.57. The number of fused-ring (bicyclic) bond motifs is 2. The van der Waals surface area contributed by atoms with Crippen LogP contribution in [0.1, 0.15) is 79.2 Å². The van der Waals surface area contributed by atoms with Gasteiger partial charge in [0.15, 0.2) is 0 Å². The lowest BCUT2D eigenvalue weighted by Crippen LogP contribution is -2.62. The second kappa shape index (κ2) is 11.8. The summed E-state index contributed by atoms with van der Waals surface area (Å²) in [4.78, 5) is 54.2. The Hall–Kier alpha value is -3.72. The molecule has 214 valence electrons. The van der Waals surface area contributed by atoms with Gasteiger partial charge in [-0.25, -0.2) is 4.79 Å². The molecule has 1 unspecified atom stereocenters. The van der Waals surface area contributed by atoms with Gasteiger partial charge >= 0.3 is 5.97 Å². The van der Waals surface area contributed by atoms with Gasteiger partial charge in [-0.05, 0) is 73.0 Å². The molecule has 4 rings (SSSR count). The lowest BCUT2D eigenvalue weighted by molar-refractivity contribution is -0.147. The summed E-state index contributed by atoms with van der Waals surface area (Å²) in [5, 5.41) is 18.5. The summed E-state index contributed by atoms with van der Waals surface area (Å²) < 4.78 is 0. The van der Waals surface area contributed by atoms with Crippen LogP contribution in [0.2, 0.25) is 0 Å². The van der Waals surface area contributed by atoms with Crippen molar-refractivity contribution in [2.24, 2.45) is 5.41 Å². The molecule has 4 atom stereocenters. The number of aryl methyl sites for hydroxylation is 1. The molecule has 4 N–H and O–H groups in total. The van der Waals surface area contributed by atoms with Gasteiger partial charge < -0.3 is 26.0 Å². The van der Waals surface area contributed by atoms with E-state index in [1.54, 1.807) is 31.0 Å². The lowest BCUT2D eigenvalue weighted by atomic mass is 9.83. The lowest BCUT2D eigenvalue weighted by Gasteiger charge is -2.41. The first-order valence-electron chi connectivity index (χ1n) is 13.9. The van der Waals surface area contributed by atoms with Crippen molar-refractivity contribution in [3.63, 3.8) is 0 Å². The number of carboxylic acids is 1. The number of nitrogens with one attached hydrogen (secondary N) is 3. The maximum absolute atomic E-state index is 14.2. The number of carbonyl (C=O) groups is 4. The molecule has 1 aliphatic carbocycles. The summed E-state index contributed by atoms with van der Waals surface area (Å²) in [6, 6.07) is 10.5. The van der Waals surface area contributed by atoms with E-state index in [1.807, 2.05) is 39.0 Å². The highest BCUT2D eigenvalue weighted by molar-refractivity contribution is 5.94. The van der Waals surface area contributed by atoms with Gasteiger partial charge in [-0.1, -0.05) is 51.1 Å². The zero-order chi connectivity index (χ0) is 29.2. The van der Waals surface area contributed by atoms with Crippen molar-refractivity contribution in [2.75, 3.05) is 7.05 Å². The predicted octanol–water partition coefficient (Wildman–Crippen LogP) is 2.97. The molecular formula is C31H40N4O5. The van der Waals surface area contributed by atoms with Crippen LogP contribution in [-0.4, -0.2) is 58.9 Å². The first kappa shape index (κ1) is 29.3. The SMILES string of the molecule is CN[C@@H](C)C(=O)N[C@H](C(=O)N1Cc2ccc(C(=O)O)cc2CC1C(=O)N[C@@H]1CCCc2ccccc21)C(C)(C)C. The number of amides is 3. The minimum atomic E-state index is -1.05. The van der Waals surface area contributed by atoms with E-state index in [0.29, 0.717) is 0 Å². The van der Waals surface area contributed by atoms with E-state index in [2.05, 4.69) is 22.0 Å². The number of nitrogens with zero attached hydrogens (tertiary/aromatic N) is 1. The molecular weight excluding hydrogens is 508 g/mol. The van der Waals surface area contributed by atoms with Gasteiger partial charge in [0.1, 0.15) is 12.1 Å². The highest BCUT2D eigenvalue weighted by Gasteiger charge is 2.43. The van der Waals surface area contributed by atoms with Gasteiger partial charge in [0.05, 0.1) is 17.6 Å². The number of carbonyl (C=O) groups excluding carboxylic acids is 3. The molecule has 3 amide bonds. The van der Waals surface area contributed by atoms with Gasteiger partial charge in [0.25, 0.3) is 0 Å². The van der Waals surface area contributed by atoms with Crippen LogP contribution in [0.3, 0.4) is 0 Å². The maximum Gasteiger partial charge on any atom is 0.335 e. The third-order valence-electron chi connectivity index (χ3n) is 8.08. The summed E-state index contributed by atoms with van der Waals surface area (Å²) in [6.45, 7) is 7.49. The van der Waals surface area contributed by atoms with E-state index < -0.39 is 29.5 Å². The molecule has 1 heterocycles. The van der Waals surface area contributed by atoms with Gasteiger partial charge in [-0.15, -0.1) is 0 Å². The largest absolute Gasteiger partial charge is 0.478 e. The first-order valence-corrected chi connectivity index (χ1v) is 13.9. The van der Waals surface area contributed by atoms with Crippen LogP contribution in [0.25, 0.3) is 0 Å². The molecule has 1 aliphatic heterocycles. The molecule has 2 aromatic carbocycles. The highest BCUT2D eigenvalue weighted by Crippen LogP contribution is 2.32. The van der Waals surface area contributed by atoms with Crippen LogP contribution in [0.5, 0.6) is 0 Å².